The van der Waals surface area contributed by atoms with Gasteiger partial charge in [0, 0.05) is 12.1 Å². The van der Waals surface area contributed by atoms with Crippen molar-refractivity contribution in [2.24, 2.45) is 0 Å². The number of benzene rings is 2. The van der Waals surface area contributed by atoms with Gasteiger partial charge in [-0.3, -0.25) is 14.9 Å². The van der Waals surface area contributed by atoms with Gasteiger partial charge in [-0.1, -0.05) is 11.6 Å². The molecule has 132 valence electrons. The smallest absolute Gasteiger partial charge is 0.338 e. The molecule has 0 aliphatic rings. The van der Waals surface area contributed by atoms with E-state index in [0.717, 1.165) is 6.07 Å². The molecule has 0 fully saturated rings. The van der Waals surface area contributed by atoms with Gasteiger partial charge in [-0.2, -0.15) is 5.26 Å². The van der Waals surface area contributed by atoms with Gasteiger partial charge in [0.2, 0.25) is 0 Å². The van der Waals surface area contributed by atoms with Crippen LogP contribution >= 0.6 is 11.6 Å². The molecular formula is C17H12ClN3O5. The number of nitrogens with zero attached hydrogens (tertiary/aromatic N) is 2. The average molecular weight is 374 g/mol. The fraction of sp³-hybridized carbons (Fsp3) is 0.118. The molecule has 8 nitrogen and oxygen atoms in total. The Morgan fingerprint density at radius 2 is 1.92 bits per heavy atom. The third kappa shape index (κ3) is 4.55. The van der Waals surface area contributed by atoms with E-state index >= 15 is 0 Å². The minimum Gasteiger partial charge on any atom is -0.449 e. The van der Waals surface area contributed by atoms with E-state index < -0.39 is 22.9 Å². The Kier molecular flexibility index (Phi) is 5.88. The van der Waals surface area contributed by atoms with Crippen LogP contribution in [0, 0.1) is 21.4 Å². The van der Waals surface area contributed by atoms with Gasteiger partial charge in [0.15, 0.2) is 6.10 Å². The van der Waals surface area contributed by atoms with Crippen molar-refractivity contribution in [3.63, 3.8) is 0 Å². The van der Waals surface area contributed by atoms with Crippen LogP contribution in [0.15, 0.2) is 42.5 Å². The molecule has 0 radical (unpaired) electrons. The van der Waals surface area contributed by atoms with Crippen molar-refractivity contribution in [2.45, 2.75) is 13.0 Å². The van der Waals surface area contributed by atoms with Gasteiger partial charge in [0.25, 0.3) is 11.6 Å². The van der Waals surface area contributed by atoms with Gasteiger partial charge in [-0.25, -0.2) is 4.79 Å². The second kappa shape index (κ2) is 8.09. The Morgan fingerprint density at radius 1 is 1.27 bits per heavy atom. The number of nitro benzene ring substituents is 1. The molecule has 0 saturated heterocycles. The summed E-state index contributed by atoms with van der Waals surface area (Å²) in [7, 11) is 0. The quantitative estimate of drug-likeness (QED) is 0.487. The second-order valence-corrected chi connectivity index (χ2v) is 5.55. The number of nitriles is 1. The molecule has 0 heterocycles. The molecule has 9 heteroatoms. The predicted octanol–water partition coefficient (Wildman–Crippen LogP) is 3.30. The molecule has 1 amide bonds. The number of hydrogen-bond acceptors (Lipinski definition) is 6. The molecule has 2 aromatic carbocycles. The normalized spacial score (nSPS) is 11.1. The molecule has 2 aromatic rings. The van der Waals surface area contributed by atoms with Crippen LogP contribution in [0.3, 0.4) is 0 Å². The molecule has 1 N–H and O–H groups in total. The third-order valence-electron chi connectivity index (χ3n) is 3.32. The first kappa shape index (κ1) is 18.9. The maximum atomic E-state index is 12.1. The zero-order valence-electron chi connectivity index (χ0n) is 13.4. The summed E-state index contributed by atoms with van der Waals surface area (Å²) in [5.74, 6) is -1.38. The van der Waals surface area contributed by atoms with Crippen molar-refractivity contribution in [1.82, 2.24) is 0 Å². The summed E-state index contributed by atoms with van der Waals surface area (Å²) in [5.41, 5.74) is 0.522. The number of amides is 1. The minimum atomic E-state index is -1.13. The number of non-ortho nitro benzene ring substituents is 1. The lowest BCUT2D eigenvalue weighted by Gasteiger charge is -2.14. The third-order valence-corrected chi connectivity index (χ3v) is 3.64. The summed E-state index contributed by atoms with van der Waals surface area (Å²) >= 11 is 5.90. The van der Waals surface area contributed by atoms with Gasteiger partial charge < -0.3 is 10.1 Å². The Hall–Kier alpha value is -3.44. The summed E-state index contributed by atoms with van der Waals surface area (Å²) in [6.07, 6.45) is -1.13. The largest absolute Gasteiger partial charge is 0.449 e. The second-order valence-electron chi connectivity index (χ2n) is 5.15. The molecular weight excluding hydrogens is 362 g/mol. The van der Waals surface area contributed by atoms with E-state index in [1.807, 2.05) is 6.07 Å². The standard InChI is InChI=1S/C17H12ClN3O5/c1-10(26-17(23)12-4-2-11(9-19)3-5-12)16(22)20-15-7-6-13(21(24)25)8-14(15)18/h2-8,10H,1H3,(H,20,22). The number of hydrogen-bond donors (Lipinski definition) is 1. The van der Waals surface area contributed by atoms with Gasteiger partial charge in [-0.15, -0.1) is 0 Å². The Balaban J connectivity index is 2.02. The van der Waals surface area contributed by atoms with Crippen LogP contribution in [0.2, 0.25) is 5.02 Å². The van der Waals surface area contributed by atoms with Crippen molar-refractivity contribution in [1.29, 1.82) is 5.26 Å². The SMILES string of the molecule is CC(OC(=O)c1ccc(C#N)cc1)C(=O)Nc1ccc([N+](=O)[O-])cc1Cl. The number of nitrogens with one attached hydrogen (secondary N) is 1. The highest BCUT2D eigenvalue weighted by Gasteiger charge is 2.20. The highest BCUT2D eigenvalue weighted by Crippen LogP contribution is 2.26. The van der Waals surface area contributed by atoms with E-state index in [2.05, 4.69) is 5.32 Å². The molecule has 0 saturated carbocycles. The zero-order valence-corrected chi connectivity index (χ0v) is 14.2. The van der Waals surface area contributed by atoms with Crippen LogP contribution in [0.4, 0.5) is 11.4 Å². The fourth-order valence-electron chi connectivity index (χ4n) is 1.92. The first-order valence-electron chi connectivity index (χ1n) is 7.27. The number of nitro groups is 1. The molecule has 1 atom stereocenters. The summed E-state index contributed by atoms with van der Waals surface area (Å²) < 4.78 is 5.06. The number of esters is 1. The topological polar surface area (TPSA) is 122 Å². The monoisotopic (exact) mass is 373 g/mol. The maximum Gasteiger partial charge on any atom is 0.338 e. The number of rotatable bonds is 5. The van der Waals surface area contributed by atoms with Crippen molar-refractivity contribution >= 4 is 34.9 Å². The van der Waals surface area contributed by atoms with E-state index in [0.29, 0.717) is 5.56 Å². The highest BCUT2D eigenvalue weighted by molar-refractivity contribution is 6.34. The van der Waals surface area contributed by atoms with Crippen LogP contribution in [0.1, 0.15) is 22.8 Å². The molecule has 26 heavy (non-hydrogen) atoms. The lowest BCUT2D eigenvalue weighted by atomic mass is 10.1. The number of anilines is 1. The van der Waals surface area contributed by atoms with E-state index in [-0.39, 0.29) is 22.0 Å². The van der Waals surface area contributed by atoms with Crippen molar-refractivity contribution in [3.8, 4) is 6.07 Å². The van der Waals surface area contributed by atoms with E-state index in [1.54, 1.807) is 0 Å². The van der Waals surface area contributed by atoms with Gasteiger partial charge in [-0.05, 0) is 37.3 Å². The average Bonchev–Trinajstić information content (AvgIpc) is 2.63. The van der Waals surface area contributed by atoms with Crippen LogP contribution < -0.4 is 5.32 Å². The van der Waals surface area contributed by atoms with E-state index in [1.165, 1.54) is 43.3 Å². The van der Waals surface area contributed by atoms with Gasteiger partial charge in [0.05, 0.1) is 32.8 Å². The summed E-state index contributed by atoms with van der Waals surface area (Å²) in [4.78, 5) is 34.2. The number of ether oxygens (including phenoxy) is 1. The molecule has 1 unspecified atom stereocenters. The summed E-state index contributed by atoms with van der Waals surface area (Å²) in [6.45, 7) is 1.37. The molecule has 0 aromatic heterocycles. The lowest BCUT2D eigenvalue weighted by Crippen LogP contribution is -2.30. The molecule has 2 rings (SSSR count). The number of halogens is 1. The highest BCUT2D eigenvalue weighted by atomic mass is 35.5. The minimum absolute atomic E-state index is 0.0156. The number of carbonyl (C=O) groups is 2. The summed E-state index contributed by atoms with van der Waals surface area (Å²) in [6, 6.07) is 11.2. The molecule has 0 spiro atoms. The predicted molar refractivity (Wildman–Crippen MR) is 92.8 cm³/mol. The fourth-order valence-corrected chi connectivity index (χ4v) is 2.14. The van der Waals surface area contributed by atoms with Crippen molar-refractivity contribution < 1.29 is 19.2 Å². The first-order valence-corrected chi connectivity index (χ1v) is 7.65. The van der Waals surface area contributed by atoms with Crippen LogP contribution in [0.5, 0.6) is 0 Å². The molecule has 0 bridgehead atoms. The zero-order chi connectivity index (χ0) is 19.3. The molecule has 0 aliphatic carbocycles. The van der Waals surface area contributed by atoms with E-state index in [9.17, 15) is 19.7 Å². The van der Waals surface area contributed by atoms with Crippen molar-refractivity contribution in [2.75, 3.05) is 5.32 Å². The first-order chi connectivity index (χ1) is 12.3. The number of carbonyl (C=O) groups excluding carboxylic acids is 2. The van der Waals surface area contributed by atoms with Crippen LogP contribution in [-0.4, -0.2) is 22.9 Å². The Labute approximate surface area is 153 Å². The van der Waals surface area contributed by atoms with Crippen molar-refractivity contribution in [3.05, 3.63) is 68.7 Å². The van der Waals surface area contributed by atoms with Gasteiger partial charge >= 0.3 is 5.97 Å². The van der Waals surface area contributed by atoms with Gasteiger partial charge in [0.1, 0.15) is 0 Å². The van der Waals surface area contributed by atoms with Crippen LogP contribution in [-0.2, 0) is 9.53 Å². The summed E-state index contributed by atoms with van der Waals surface area (Å²) in [5, 5.41) is 21.8. The van der Waals surface area contributed by atoms with E-state index in [4.69, 9.17) is 21.6 Å². The maximum absolute atomic E-state index is 12.1. The van der Waals surface area contributed by atoms with Crippen LogP contribution in [0.25, 0.3) is 0 Å². The molecule has 0 aliphatic heterocycles. The Morgan fingerprint density at radius 3 is 2.46 bits per heavy atom. The lowest BCUT2D eigenvalue weighted by molar-refractivity contribution is -0.384. The Bertz CT molecular complexity index is 906.